The van der Waals surface area contributed by atoms with E-state index in [1.165, 1.54) is 0 Å². The summed E-state index contributed by atoms with van der Waals surface area (Å²) in [5, 5.41) is 11.7. The molecule has 21 heavy (non-hydrogen) atoms. The molecule has 1 aliphatic heterocycles. The predicted octanol–water partition coefficient (Wildman–Crippen LogP) is 1.74. The second kappa shape index (κ2) is 8.17. The number of nitrogens with one attached hydrogen (secondary N) is 1. The Morgan fingerprint density at radius 2 is 1.90 bits per heavy atom. The van der Waals surface area contributed by atoms with E-state index in [-0.39, 0.29) is 12.6 Å². The SMILES string of the molecule is O=C(N/C=C/c1ccc(Br)cc1)N1CCN(CCO)CC1. The standard InChI is InChI=1S/C15H20BrN3O2/c16-14-3-1-13(2-4-14)5-6-17-15(21)19-9-7-18(8-10-19)11-12-20/h1-6,20H,7-12H2,(H,17,21)/b6-5+. The molecule has 2 amide bonds. The van der Waals surface area contributed by atoms with Crippen molar-refractivity contribution in [1.29, 1.82) is 0 Å². The van der Waals surface area contributed by atoms with Crippen LogP contribution in [0.2, 0.25) is 0 Å². The van der Waals surface area contributed by atoms with Gasteiger partial charge < -0.3 is 15.3 Å². The highest BCUT2D eigenvalue weighted by atomic mass is 79.9. The number of halogens is 1. The molecule has 1 aromatic rings. The van der Waals surface area contributed by atoms with Crippen molar-refractivity contribution in [2.75, 3.05) is 39.3 Å². The fourth-order valence-electron chi connectivity index (χ4n) is 2.19. The van der Waals surface area contributed by atoms with Gasteiger partial charge in [-0.25, -0.2) is 4.79 Å². The molecule has 0 spiro atoms. The lowest BCUT2D eigenvalue weighted by Gasteiger charge is -2.33. The van der Waals surface area contributed by atoms with Crippen molar-refractivity contribution >= 4 is 28.0 Å². The van der Waals surface area contributed by atoms with Crippen LogP contribution in [-0.2, 0) is 0 Å². The van der Waals surface area contributed by atoms with Crippen LogP contribution in [0.15, 0.2) is 34.9 Å². The molecule has 0 aromatic heterocycles. The quantitative estimate of drug-likeness (QED) is 0.866. The summed E-state index contributed by atoms with van der Waals surface area (Å²) in [7, 11) is 0. The van der Waals surface area contributed by atoms with Crippen LogP contribution in [0.1, 0.15) is 5.56 Å². The Balaban J connectivity index is 1.76. The molecule has 0 saturated carbocycles. The first-order chi connectivity index (χ1) is 10.2. The summed E-state index contributed by atoms with van der Waals surface area (Å²) in [6, 6.07) is 7.79. The Kier molecular flexibility index (Phi) is 6.22. The number of hydrogen-bond acceptors (Lipinski definition) is 3. The molecule has 114 valence electrons. The lowest BCUT2D eigenvalue weighted by molar-refractivity contribution is 0.123. The second-order valence-electron chi connectivity index (χ2n) is 4.89. The number of hydrogen-bond donors (Lipinski definition) is 2. The Morgan fingerprint density at radius 1 is 1.24 bits per heavy atom. The van der Waals surface area contributed by atoms with Crippen LogP contribution in [0.25, 0.3) is 6.08 Å². The average molecular weight is 354 g/mol. The maximum absolute atomic E-state index is 12.0. The van der Waals surface area contributed by atoms with Crippen LogP contribution < -0.4 is 5.32 Å². The monoisotopic (exact) mass is 353 g/mol. The summed E-state index contributed by atoms with van der Waals surface area (Å²) in [5.41, 5.74) is 1.03. The van der Waals surface area contributed by atoms with Gasteiger partial charge in [-0.2, -0.15) is 0 Å². The molecule has 1 fully saturated rings. The number of piperazine rings is 1. The van der Waals surface area contributed by atoms with E-state index in [1.807, 2.05) is 30.3 Å². The van der Waals surface area contributed by atoms with E-state index in [4.69, 9.17) is 5.11 Å². The van der Waals surface area contributed by atoms with Crippen LogP contribution in [0.4, 0.5) is 4.79 Å². The van der Waals surface area contributed by atoms with Crippen molar-refractivity contribution in [3.63, 3.8) is 0 Å². The molecule has 2 N–H and O–H groups in total. The third-order valence-corrected chi connectivity index (χ3v) is 3.96. The Hall–Kier alpha value is -1.37. The summed E-state index contributed by atoms with van der Waals surface area (Å²) in [5.74, 6) is 0. The molecule has 1 aliphatic rings. The molecule has 1 heterocycles. The number of benzene rings is 1. The van der Waals surface area contributed by atoms with Crippen molar-refractivity contribution in [3.05, 3.63) is 40.5 Å². The van der Waals surface area contributed by atoms with E-state index in [1.54, 1.807) is 11.1 Å². The zero-order chi connectivity index (χ0) is 15.1. The predicted molar refractivity (Wildman–Crippen MR) is 86.8 cm³/mol. The highest BCUT2D eigenvalue weighted by Crippen LogP contribution is 2.11. The van der Waals surface area contributed by atoms with Crippen LogP contribution in [0.3, 0.4) is 0 Å². The first-order valence-electron chi connectivity index (χ1n) is 7.00. The molecular formula is C15H20BrN3O2. The van der Waals surface area contributed by atoms with Gasteiger partial charge in [-0.3, -0.25) is 4.90 Å². The smallest absolute Gasteiger partial charge is 0.321 e. The molecular weight excluding hydrogens is 334 g/mol. The highest BCUT2D eigenvalue weighted by molar-refractivity contribution is 9.10. The average Bonchev–Trinajstić information content (AvgIpc) is 2.50. The van der Waals surface area contributed by atoms with E-state index in [0.29, 0.717) is 19.6 Å². The summed E-state index contributed by atoms with van der Waals surface area (Å²) < 4.78 is 1.03. The molecule has 1 aromatic carbocycles. The van der Waals surface area contributed by atoms with Gasteiger partial charge in [-0.15, -0.1) is 0 Å². The van der Waals surface area contributed by atoms with E-state index in [2.05, 4.69) is 26.1 Å². The van der Waals surface area contributed by atoms with Crippen molar-refractivity contribution in [2.45, 2.75) is 0 Å². The summed E-state index contributed by atoms with van der Waals surface area (Å²) in [6.45, 7) is 3.85. The van der Waals surface area contributed by atoms with Gasteiger partial charge in [0.2, 0.25) is 0 Å². The minimum absolute atomic E-state index is 0.0768. The summed E-state index contributed by atoms with van der Waals surface area (Å²) in [4.78, 5) is 15.9. The lowest BCUT2D eigenvalue weighted by atomic mass is 10.2. The number of carbonyl (C=O) groups excluding carboxylic acids is 1. The van der Waals surface area contributed by atoms with Crippen LogP contribution in [0.5, 0.6) is 0 Å². The first kappa shape index (κ1) is 16.0. The molecule has 1 saturated heterocycles. The van der Waals surface area contributed by atoms with Crippen LogP contribution >= 0.6 is 15.9 Å². The number of aliphatic hydroxyl groups excluding tert-OH is 1. The topological polar surface area (TPSA) is 55.8 Å². The van der Waals surface area contributed by atoms with Crippen molar-refractivity contribution in [3.8, 4) is 0 Å². The van der Waals surface area contributed by atoms with Gasteiger partial charge in [0.25, 0.3) is 0 Å². The second-order valence-corrected chi connectivity index (χ2v) is 5.80. The van der Waals surface area contributed by atoms with Crippen molar-refractivity contribution in [1.82, 2.24) is 15.1 Å². The van der Waals surface area contributed by atoms with Crippen molar-refractivity contribution in [2.24, 2.45) is 0 Å². The molecule has 5 nitrogen and oxygen atoms in total. The third kappa shape index (κ3) is 5.15. The fourth-order valence-corrected chi connectivity index (χ4v) is 2.45. The van der Waals surface area contributed by atoms with Crippen LogP contribution in [0, 0.1) is 0 Å². The molecule has 0 radical (unpaired) electrons. The van der Waals surface area contributed by atoms with Gasteiger partial charge in [-0.1, -0.05) is 28.1 Å². The number of rotatable bonds is 4. The molecule has 6 heteroatoms. The number of amides is 2. The zero-order valence-electron chi connectivity index (χ0n) is 11.8. The van der Waals surface area contributed by atoms with Gasteiger partial charge in [0.15, 0.2) is 0 Å². The maximum Gasteiger partial charge on any atom is 0.321 e. The lowest BCUT2D eigenvalue weighted by Crippen LogP contribution is -2.51. The normalized spacial score (nSPS) is 16.4. The number of aliphatic hydroxyl groups is 1. The van der Waals surface area contributed by atoms with E-state index >= 15 is 0 Å². The Labute approximate surface area is 133 Å². The number of urea groups is 1. The van der Waals surface area contributed by atoms with Gasteiger partial charge in [-0.05, 0) is 23.8 Å². The van der Waals surface area contributed by atoms with Crippen molar-refractivity contribution < 1.29 is 9.90 Å². The van der Waals surface area contributed by atoms with E-state index in [0.717, 1.165) is 23.1 Å². The summed E-state index contributed by atoms with van der Waals surface area (Å²) >= 11 is 3.38. The number of β-amino-alcohol motifs (C(OH)–C–C–N with tert-alkyl or cyclic N) is 1. The minimum Gasteiger partial charge on any atom is -0.395 e. The number of carbonyl (C=O) groups is 1. The largest absolute Gasteiger partial charge is 0.395 e. The Morgan fingerprint density at radius 3 is 2.52 bits per heavy atom. The zero-order valence-corrected chi connectivity index (χ0v) is 13.4. The molecule has 0 aliphatic carbocycles. The van der Waals surface area contributed by atoms with Gasteiger partial charge in [0.1, 0.15) is 0 Å². The molecule has 2 rings (SSSR count). The van der Waals surface area contributed by atoms with Gasteiger partial charge in [0, 0.05) is 43.4 Å². The molecule has 0 unspecified atom stereocenters. The molecule has 0 atom stereocenters. The highest BCUT2D eigenvalue weighted by Gasteiger charge is 2.19. The van der Waals surface area contributed by atoms with Gasteiger partial charge in [0.05, 0.1) is 6.61 Å². The first-order valence-corrected chi connectivity index (χ1v) is 7.79. The Bertz CT molecular complexity index is 482. The number of nitrogens with zero attached hydrogens (tertiary/aromatic N) is 2. The third-order valence-electron chi connectivity index (χ3n) is 3.43. The molecule has 0 bridgehead atoms. The minimum atomic E-state index is -0.0768. The van der Waals surface area contributed by atoms with Crippen LogP contribution in [-0.4, -0.2) is 60.3 Å². The van der Waals surface area contributed by atoms with E-state index < -0.39 is 0 Å². The fraction of sp³-hybridized carbons (Fsp3) is 0.400. The van der Waals surface area contributed by atoms with E-state index in [9.17, 15) is 4.79 Å². The summed E-state index contributed by atoms with van der Waals surface area (Å²) in [6.07, 6.45) is 3.54. The van der Waals surface area contributed by atoms with Gasteiger partial charge >= 0.3 is 6.03 Å². The maximum atomic E-state index is 12.0.